The van der Waals surface area contributed by atoms with Crippen LogP contribution in [0, 0.1) is 0 Å². The van der Waals surface area contributed by atoms with E-state index >= 15 is 0 Å². The van der Waals surface area contributed by atoms with Crippen molar-refractivity contribution in [1.29, 1.82) is 0 Å². The van der Waals surface area contributed by atoms with Crippen molar-refractivity contribution in [2.75, 3.05) is 19.7 Å². The van der Waals surface area contributed by atoms with E-state index in [1.165, 1.54) is 0 Å². The lowest BCUT2D eigenvalue weighted by atomic mass is 9.81. The van der Waals surface area contributed by atoms with Gasteiger partial charge in [-0.2, -0.15) is 0 Å². The fourth-order valence-electron chi connectivity index (χ4n) is 6.51. The largest absolute Gasteiger partial charge is 0.394 e. The monoisotopic (exact) mass is 731 g/mol. The molecule has 1 amide bonds. The molecule has 1 saturated carbocycles. The second-order valence-corrected chi connectivity index (χ2v) is 13.3. The molecule has 50 heavy (non-hydrogen) atoms. The van der Waals surface area contributed by atoms with E-state index in [-0.39, 0.29) is 6.54 Å². The van der Waals surface area contributed by atoms with E-state index < -0.39 is 148 Å². The van der Waals surface area contributed by atoms with Gasteiger partial charge in [-0.15, -0.1) is 0 Å². The molecule has 21 nitrogen and oxygen atoms in total. The number of ether oxygens (including phenoxy) is 6. The number of carbonyl (C=O) groups excluding carboxylic acids is 1. The number of aliphatic hydroxyl groups is 7. The molecular weight excluding hydrogens is 677 g/mol. The van der Waals surface area contributed by atoms with E-state index in [1.54, 1.807) is 6.92 Å². The number of carbonyl (C=O) groups is 1. The van der Waals surface area contributed by atoms with E-state index in [2.05, 4.69) is 5.32 Å². The molecule has 1 aliphatic carbocycles. The maximum atomic E-state index is 14.0. The summed E-state index contributed by atoms with van der Waals surface area (Å²) in [5.74, 6) is -1.33. The molecule has 4 rings (SSSR count). The second kappa shape index (κ2) is 17.6. The number of halogens is 1. The number of nitrogens with two attached hydrogens (primary N) is 6. The fourth-order valence-corrected chi connectivity index (χ4v) is 6.51. The Balaban J connectivity index is 1.59. The third-order valence-corrected chi connectivity index (χ3v) is 9.67. The molecule has 0 aromatic carbocycles. The van der Waals surface area contributed by atoms with Gasteiger partial charge in [0.1, 0.15) is 61.1 Å². The number of amides is 1. The van der Waals surface area contributed by atoms with Gasteiger partial charge in [0.15, 0.2) is 25.0 Å². The summed E-state index contributed by atoms with van der Waals surface area (Å²) < 4.78 is 49.3. The number of rotatable bonds is 13. The molecule has 21 atom stereocenters. The summed E-state index contributed by atoms with van der Waals surface area (Å²) in [6.45, 7) is 0.0533. The molecule has 0 aromatic rings. The first kappa shape index (κ1) is 41.4. The van der Waals surface area contributed by atoms with Crippen molar-refractivity contribution >= 4 is 5.91 Å². The first-order valence-corrected chi connectivity index (χ1v) is 16.5. The van der Waals surface area contributed by atoms with E-state index in [1.807, 2.05) is 0 Å². The highest BCUT2D eigenvalue weighted by Gasteiger charge is 2.56. The van der Waals surface area contributed by atoms with Crippen molar-refractivity contribution < 1.29 is 73.4 Å². The van der Waals surface area contributed by atoms with Crippen LogP contribution in [0.4, 0.5) is 4.39 Å². The zero-order valence-electron chi connectivity index (χ0n) is 27.5. The first-order valence-electron chi connectivity index (χ1n) is 16.5. The summed E-state index contributed by atoms with van der Waals surface area (Å²) in [5, 5.41) is 76.9. The maximum Gasteiger partial charge on any atom is 0.252 e. The topological polar surface area (TPSA) is 382 Å². The van der Waals surface area contributed by atoms with Crippen LogP contribution in [0.3, 0.4) is 0 Å². The molecule has 4 aliphatic rings. The predicted octanol–water partition coefficient (Wildman–Crippen LogP) is -8.66. The molecule has 3 saturated heterocycles. The second-order valence-electron chi connectivity index (χ2n) is 13.3. The van der Waals surface area contributed by atoms with Gasteiger partial charge in [0.05, 0.1) is 43.0 Å². The highest BCUT2D eigenvalue weighted by Crippen LogP contribution is 2.35. The highest BCUT2D eigenvalue weighted by molar-refractivity contribution is 5.81. The Morgan fingerprint density at radius 1 is 0.820 bits per heavy atom. The molecule has 0 unspecified atom stereocenters. The Bertz CT molecular complexity index is 1090. The minimum atomic E-state index is -2.26. The quantitative estimate of drug-likeness (QED) is 0.0836. The smallest absolute Gasteiger partial charge is 0.252 e. The van der Waals surface area contributed by atoms with Gasteiger partial charge in [0, 0.05) is 19.1 Å². The zero-order chi connectivity index (χ0) is 37.2. The van der Waals surface area contributed by atoms with Gasteiger partial charge in [-0.1, -0.05) is 0 Å². The van der Waals surface area contributed by atoms with Gasteiger partial charge >= 0.3 is 0 Å². The average Bonchev–Trinajstić information content (AvgIpc) is 3.39. The summed E-state index contributed by atoms with van der Waals surface area (Å²) in [6, 6.07) is -5.64. The van der Waals surface area contributed by atoms with E-state index in [9.17, 15) is 44.9 Å². The normalized spacial score (nSPS) is 47.4. The van der Waals surface area contributed by atoms with Crippen molar-refractivity contribution in [3.8, 4) is 0 Å². The Hall–Kier alpha value is -1.36. The predicted molar refractivity (Wildman–Crippen MR) is 165 cm³/mol. The zero-order valence-corrected chi connectivity index (χ0v) is 27.5. The van der Waals surface area contributed by atoms with Gasteiger partial charge < -0.3 is 104 Å². The van der Waals surface area contributed by atoms with E-state index in [0.29, 0.717) is 12.8 Å². The molecule has 20 N–H and O–H groups in total. The third-order valence-electron chi connectivity index (χ3n) is 9.67. The van der Waals surface area contributed by atoms with Crippen molar-refractivity contribution in [1.82, 2.24) is 5.32 Å². The van der Waals surface area contributed by atoms with Crippen LogP contribution in [-0.2, 0) is 33.2 Å². The van der Waals surface area contributed by atoms with E-state index in [0.717, 1.165) is 0 Å². The Morgan fingerprint density at radius 3 is 2.04 bits per heavy atom. The highest BCUT2D eigenvalue weighted by atomic mass is 19.1. The van der Waals surface area contributed by atoms with Crippen molar-refractivity contribution in [3.63, 3.8) is 0 Å². The van der Waals surface area contributed by atoms with Gasteiger partial charge in [0.25, 0.3) is 5.91 Å². The van der Waals surface area contributed by atoms with Crippen LogP contribution in [0.25, 0.3) is 0 Å². The molecule has 4 fully saturated rings. The summed E-state index contributed by atoms with van der Waals surface area (Å²) in [6.07, 6.45) is -23.8. The first-order chi connectivity index (χ1) is 23.6. The molecule has 0 aromatic heterocycles. The molecule has 0 bridgehead atoms. The summed E-state index contributed by atoms with van der Waals surface area (Å²) >= 11 is 0. The minimum absolute atomic E-state index is 0.219. The number of alkyl halides is 1. The molecule has 3 aliphatic heterocycles. The van der Waals surface area contributed by atoms with Gasteiger partial charge in [-0.25, -0.2) is 4.39 Å². The molecule has 3 heterocycles. The van der Waals surface area contributed by atoms with Gasteiger partial charge in [0.2, 0.25) is 0 Å². The van der Waals surface area contributed by atoms with Gasteiger partial charge in [-0.3, -0.25) is 4.79 Å². The Morgan fingerprint density at radius 2 is 1.44 bits per heavy atom. The van der Waals surface area contributed by atoms with Crippen molar-refractivity contribution in [3.05, 3.63) is 0 Å². The number of nitrogens with one attached hydrogen (secondary N) is 1. The van der Waals surface area contributed by atoms with Crippen molar-refractivity contribution in [2.45, 2.75) is 148 Å². The van der Waals surface area contributed by atoms with Crippen LogP contribution in [0.1, 0.15) is 19.8 Å². The number of aliphatic hydroxyl groups excluding tert-OH is 7. The number of hydrogen-bond donors (Lipinski definition) is 14. The summed E-state index contributed by atoms with van der Waals surface area (Å²) in [7, 11) is 0. The average molecular weight is 732 g/mol. The van der Waals surface area contributed by atoms with Crippen LogP contribution in [0.15, 0.2) is 0 Å². The van der Waals surface area contributed by atoms with Crippen LogP contribution in [0.2, 0.25) is 0 Å². The maximum absolute atomic E-state index is 14.0. The fraction of sp³-hybridized carbons (Fsp3) is 0.964. The molecule has 0 radical (unpaired) electrons. The standard InChI is InChI=1S/C28H54FN7O14/c1-7(32)10-3-2-9(33)26(45-10)49-23-13(34)18(40)15(36-25(44)16(38)8(29)4-30)20(42)24(23)50-28-21(43)22(12(6-37)47-28)48-27-14(35)19(41)17(39)11(5-31)46-27/h7-24,26-28,37-43H,2-6,30-35H2,1H3,(H,36,44)/t7-,8+,9+,10-,11-,12+,13-,14+,15+,16-,17+,18-,19+,20-,21+,22+,23+,24+,26+,27+,28-/m0/s1. The SMILES string of the molecule is C[C@H](N)[C@@H]1CC[C@@H](N)[C@@H](O[C@@H]2[C@@H](N)[C@H](O)[C@@H](NC(=O)[C@@H](O)[C@H](F)CN)[C@H](O)[C@H]2O[C@@H]2O[C@H](CO)[C@@H](O[C@H]3O[C@@H](CN)[C@@H](O)[C@H](O)[C@H]3N)[C@H]2O)O1. The Kier molecular flexibility index (Phi) is 14.6. The van der Waals surface area contributed by atoms with Crippen LogP contribution >= 0.6 is 0 Å². The van der Waals surface area contributed by atoms with Crippen LogP contribution < -0.4 is 39.7 Å². The summed E-state index contributed by atoms with van der Waals surface area (Å²) in [5.41, 5.74) is 35.5. The third kappa shape index (κ3) is 8.71. The lowest BCUT2D eigenvalue weighted by Gasteiger charge is -2.49. The number of hydrogen-bond acceptors (Lipinski definition) is 20. The molecule has 292 valence electrons. The lowest BCUT2D eigenvalue weighted by molar-refractivity contribution is -0.297. The lowest BCUT2D eigenvalue weighted by Crippen LogP contribution is -2.73. The van der Waals surface area contributed by atoms with Crippen LogP contribution in [0.5, 0.6) is 0 Å². The van der Waals surface area contributed by atoms with Crippen LogP contribution in [-0.4, -0.2) is 190 Å². The van der Waals surface area contributed by atoms with Crippen molar-refractivity contribution in [2.24, 2.45) is 34.4 Å². The van der Waals surface area contributed by atoms with E-state index in [4.69, 9.17) is 62.8 Å². The molecular formula is C28H54FN7O14. The molecule has 22 heteroatoms. The van der Waals surface area contributed by atoms with Gasteiger partial charge in [-0.05, 0) is 19.8 Å². The molecule has 0 spiro atoms. The Labute approximate surface area is 287 Å². The summed E-state index contributed by atoms with van der Waals surface area (Å²) in [4.78, 5) is 12.7. The minimum Gasteiger partial charge on any atom is -0.394 e.